The van der Waals surface area contributed by atoms with Crippen LogP contribution in [0.2, 0.25) is 0 Å². The maximum atomic E-state index is 12.0. The molecule has 0 fully saturated rings. The van der Waals surface area contributed by atoms with Gasteiger partial charge in [-0.3, -0.25) is 9.59 Å². The lowest BCUT2D eigenvalue weighted by Gasteiger charge is -2.28. The molecule has 180 valence electrons. The summed E-state index contributed by atoms with van der Waals surface area (Å²) in [4.78, 5) is 24.0. The van der Waals surface area contributed by atoms with Gasteiger partial charge in [0.05, 0.1) is 17.4 Å². The van der Waals surface area contributed by atoms with Gasteiger partial charge in [0.15, 0.2) is 22.5 Å². The molecule has 1 aliphatic carbocycles. The Bertz CT molecular complexity index is 1530. The predicted octanol–water partition coefficient (Wildman–Crippen LogP) is 6.19. The number of ketones is 1. The summed E-state index contributed by atoms with van der Waals surface area (Å²) in [7, 11) is 0. The molecule has 3 aromatic carbocycles. The van der Waals surface area contributed by atoms with Gasteiger partial charge in [0, 0.05) is 18.1 Å². The molecule has 0 amide bonds. The quantitative estimate of drug-likeness (QED) is 0.332. The van der Waals surface area contributed by atoms with E-state index in [0.717, 1.165) is 35.3 Å². The van der Waals surface area contributed by atoms with Crippen molar-refractivity contribution in [2.45, 2.75) is 25.4 Å². The monoisotopic (exact) mass is 480 g/mol. The normalized spacial score (nSPS) is 16.7. The second kappa shape index (κ2) is 9.96. The molecular formula is C30H24O6. The molecule has 1 unspecified atom stereocenters. The third-order valence-electron chi connectivity index (χ3n) is 6.16. The minimum Gasteiger partial charge on any atom is -0.504 e. The van der Waals surface area contributed by atoms with Gasteiger partial charge in [-0.15, -0.1) is 0 Å². The van der Waals surface area contributed by atoms with Gasteiger partial charge in [0.2, 0.25) is 5.75 Å². The molecule has 0 bridgehead atoms. The molecule has 4 aromatic rings. The molecule has 6 rings (SSSR count). The molecule has 0 saturated carbocycles. The molecule has 0 saturated heterocycles. The zero-order chi connectivity index (χ0) is 25.1. The molecule has 6 heteroatoms. The van der Waals surface area contributed by atoms with E-state index in [2.05, 4.69) is 0 Å². The van der Waals surface area contributed by atoms with Crippen molar-refractivity contribution in [1.29, 1.82) is 0 Å². The number of ether oxygens (including phenoxy) is 1. The zero-order valence-corrected chi connectivity index (χ0v) is 19.4. The van der Waals surface area contributed by atoms with Crippen molar-refractivity contribution in [3.63, 3.8) is 0 Å². The van der Waals surface area contributed by atoms with E-state index < -0.39 is 5.75 Å². The number of aromatic hydroxyl groups is 2. The van der Waals surface area contributed by atoms with Crippen molar-refractivity contribution in [3.8, 4) is 22.8 Å². The summed E-state index contributed by atoms with van der Waals surface area (Å²) in [5.41, 5.74) is 2.32. The number of hydrogen-bond acceptors (Lipinski definition) is 6. The summed E-state index contributed by atoms with van der Waals surface area (Å²) >= 11 is 0. The highest BCUT2D eigenvalue weighted by atomic mass is 16.5. The number of carbonyl (C=O) groups is 1. The Labute approximate surface area is 207 Å². The van der Waals surface area contributed by atoms with E-state index in [1.165, 1.54) is 18.2 Å². The van der Waals surface area contributed by atoms with Crippen molar-refractivity contribution in [2.75, 3.05) is 0 Å². The molecule has 1 atom stereocenters. The predicted molar refractivity (Wildman–Crippen MR) is 137 cm³/mol. The molecule has 2 heterocycles. The van der Waals surface area contributed by atoms with Crippen molar-refractivity contribution in [3.05, 3.63) is 118 Å². The smallest absolute Gasteiger partial charge is 0.201 e. The number of allylic oxidation sites excluding steroid dienone is 4. The van der Waals surface area contributed by atoms with Gasteiger partial charge in [-0.2, -0.15) is 0 Å². The van der Waals surface area contributed by atoms with E-state index in [1.807, 2.05) is 60.7 Å². The minimum absolute atomic E-state index is 0.00801. The van der Waals surface area contributed by atoms with Crippen LogP contribution in [0.1, 0.15) is 30.9 Å². The number of benzene rings is 3. The van der Waals surface area contributed by atoms with Crippen LogP contribution in [-0.2, 0) is 9.53 Å². The van der Waals surface area contributed by atoms with E-state index in [0.29, 0.717) is 12.2 Å². The number of phenolic OH excluding ortho intramolecular Hbond substituents is 2. The fourth-order valence-electron chi connectivity index (χ4n) is 4.30. The van der Waals surface area contributed by atoms with Gasteiger partial charge >= 0.3 is 0 Å². The van der Waals surface area contributed by atoms with Crippen molar-refractivity contribution in [1.82, 2.24) is 0 Å². The van der Waals surface area contributed by atoms with Crippen LogP contribution < -0.4 is 5.43 Å². The fourth-order valence-corrected chi connectivity index (χ4v) is 4.30. The maximum absolute atomic E-state index is 12.0. The van der Waals surface area contributed by atoms with E-state index >= 15 is 0 Å². The summed E-state index contributed by atoms with van der Waals surface area (Å²) in [6.45, 7) is 0. The van der Waals surface area contributed by atoms with E-state index in [9.17, 15) is 19.8 Å². The topological polar surface area (TPSA) is 97.0 Å². The van der Waals surface area contributed by atoms with Gasteiger partial charge in [-0.1, -0.05) is 72.8 Å². The highest BCUT2D eigenvalue weighted by molar-refractivity contribution is 5.99. The molecule has 2 N–H and O–H groups in total. The summed E-state index contributed by atoms with van der Waals surface area (Å²) in [5, 5.41) is 19.5. The molecule has 6 nitrogen and oxygen atoms in total. The van der Waals surface area contributed by atoms with Crippen LogP contribution in [0.25, 0.3) is 22.3 Å². The number of carbonyl (C=O) groups excluding carboxylic acids is 1. The van der Waals surface area contributed by atoms with Crippen molar-refractivity contribution in [2.24, 2.45) is 0 Å². The minimum atomic E-state index is -0.424. The highest BCUT2D eigenvalue weighted by Crippen LogP contribution is 2.36. The van der Waals surface area contributed by atoms with E-state index in [4.69, 9.17) is 9.15 Å². The van der Waals surface area contributed by atoms with Gasteiger partial charge in [-0.25, -0.2) is 0 Å². The Morgan fingerprint density at radius 3 is 2.33 bits per heavy atom. The maximum Gasteiger partial charge on any atom is 0.201 e. The van der Waals surface area contributed by atoms with Crippen molar-refractivity contribution >= 4 is 16.8 Å². The summed E-state index contributed by atoms with van der Waals surface area (Å²) in [6.07, 6.45) is 6.11. The van der Waals surface area contributed by atoms with Crippen LogP contribution in [0, 0.1) is 0 Å². The van der Waals surface area contributed by atoms with Gasteiger partial charge < -0.3 is 19.4 Å². The zero-order valence-electron chi connectivity index (χ0n) is 19.4. The Kier molecular flexibility index (Phi) is 6.41. The number of Topliss-reactive ketones (excluding diaryl/α,β-unsaturated/α-hetero) is 1. The third-order valence-corrected chi connectivity index (χ3v) is 6.16. The van der Waals surface area contributed by atoms with E-state index in [1.54, 1.807) is 12.1 Å². The first-order valence-corrected chi connectivity index (χ1v) is 11.7. The van der Waals surface area contributed by atoms with E-state index in [-0.39, 0.29) is 34.0 Å². The molecular weight excluding hydrogens is 456 g/mol. The lowest BCUT2D eigenvalue weighted by atomic mass is 9.92. The van der Waals surface area contributed by atoms with Crippen LogP contribution in [0.3, 0.4) is 0 Å². The summed E-state index contributed by atoms with van der Waals surface area (Å²) in [6, 6.07) is 23.1. The second-order valence-corrected chi connectivity index (χ2v) is 8.57. The number of fused-ring (bicyclic) bond motifs is 1. The number of hydrogen-bond donors (Lipinski definition) is 2. The van der Waals surface area contributed by atoms with Gasteiger partial charge in [0.1, 0.15) is 17.6 Å². The summed E-state index contributed by atoms with van der Waals surface area (Å²) < 4.78 is 11.5. The first kappa shape index (κ1) is 23.2. The average molecular weight is 481 g/mol. The van der Waals surface area contributed by atoms with Crippen LogP contribution in [0.5, 0.6) is 11.5 Å². The SMILES string of the molecule is O=C1CC(c2ccccc2)OC2=C1C=CCC2.O=c1cc(-c2ccccc2)oc2c(O)c(O)ccc12. The van der Waals surface area contributed by atoms with Gasteiger partial charge in [0.25, 0.3) is 0 Å². The lowest BCUT2D eigenvalue weighted by molar-refractivity contribution is -0.119. The lowest BCUT2D eigenvalue weighted by Crippen LogP contribution is -2.21. The molecule has 1 aromatic heterocycles. The third kappa shape index (κ3) is 4.66. The molecule has 0 spiro atoms. The fraction of sp³-hybridized carbons (Fsp3) is 0.133. The largest absolute Gasteiger partial charge is 0.504 e. The Morgan fingerprint density at radius 1 is 0.861 bits per heavy atom. The number of phenols is 2. The van der Waals surface area contributed by atoms with Crippen LogP contribution >= 0.6 is 0 Å². The van der Waals surface area contributed by atoms with Crippen LogP contribution in [-0.4, -0.2) is 16.0 Å². The van der Waals surface area contributed by atoms with Crippen LogP contribution in [0.4, 0.5) is 0 Å². The Morgan fingerprint density at radius 2 is 1.58 bits per heavy atom. The van der Waals surface area contributed by atoms with Crippen LogP contribution in [0.15, 0.2) is 112 Å². The molecule has 0 radical (unpaired) electrons. The van der Waals surface area contributed by atoms with Gasteiger partial charge in [-0.05, 0) is 24.1 Å². The first-order valence-electron chi connectivity index (χ1n) is 11.7. The molecule has 2 aliphatic rings. The number of rotatable bonds is 2. The summed E-state index contributed by atoms with van der Waals surface area (Å²) in [5.74, 6) is 0.681. The highest BCUT2D eigenvalue weighted by Gasteiger charge is 2.29. The first-order chi connectivity index (χ1) is 17.5. The Balaban J connectivity index is 0.000000149. The molecule has 36 heavy (non-hydrogen) atoms. The molecule has 1 aliphatic heterocycles. The standard InChI is InChI=1S/C15H10O4.C15H14O2/c16-11-7-6-10-12(17)8-13(19-15(10)14(11)18)9-4-2-1-3-5-9;16-13-10-15(11-6-2-1-3-7-11)17-14-9-5-4-8-12(13)14/h1-8,16,18H;1-4,6-8,15H,5,9-10H2. The Hall–Kier alpha value is -4.58. The second-order valence-electron chi connectivity index (χ2n) is 8.57. The van der Waals surface area contributed by atoms with Crippen molar-refractivity contribution < 1.29 is 24.2 Å². The average Bonchev–Trinajstić information content (AvgIpc) is 2.92.